The molecule has 0 spiro atoms. The number of carbonyl (C=O) groups is 1. The predicted molar refractivity (Wildman–Crippen MR) is 147 cm³/mol. The van der Waals surface area contributed by atoms with Gasteiger partial charge in [-0.1, -0.05) is 0 Å². The maximum atomic E-state index is 14.1. The molecule has 3 aliphatic heterocycles. The van der Waals surface area contributed by atoms with E-state index in [4.69, 9.17) is 9.47 Å². The SMILES string of the molecule is COCCn1ncc(C)c1C1CCN(c2nc(C(F)F)nc(N3C[C@@H](N4CCNCC4)[C@H]3C)c2OC(=O)C(F)(F)F)CC1. The number of carbonyl (C=O) groups excluding carboxylic acids is 1. The van der Waals surface area contributed by atoms with E-state index in [0.717, 1.165) is 37.4 Å². The Hall–Kier alpha value is -3.11. The highest BCUT2D eigenvalue weighted by molar-refractivity contribution is 5.82. The zero-order valence-corrected chi connectivity index (χ0v) is 24.4. The van der Waals surface area contributed by atoms with Gasteiger partial charge in [-0.05, 0) is 32.3 Å². The maximum Gasteiger partial charge on any atom is 0.491 e. The second kappa shape index (κ2) is 12.9. The molecule has 0 saturated carbocycles. The number of methoxy groups -OCH3 is 1. The van der Waals surface area contributed by atoms with Crippen molar-refractivity contribution in [1.82, 2.24) is 30.0 Å². The lowest BCUT2D eigenvalue weighted by atomic mass is 9.91. The molecule has 0 aliphatic carbocycles. The minimum atomic E-state index is -5.30. The first-order chi connectivity index (χ1) is 20.5. The molecule has 0 aromatic carbocycles. The highest BCUT2D eigenvalue weighted by atomic mass is 19.4. The topological polar surface area (TPSA) is 101 Å². The lowest BCUT2D eigenvalue weighted by molar-refractivity contribution is -0.189. The van der Waals surface area contributed by atoms with Crippen LogP contribution in [0.2, 0.25) is 0 Å². The Morgan fingerprint density at radius 1 is 1.12 bits per heavy atom. The van der Waals surface area contributed by atoms with Crippen LogP contribution in [-0.2, 0) is 16.1 Å². The minimum Gasteiger partial charge on any atom is -0.412 e. The van der Waals surface area contributed by atoms with Crippen LogP contribution in [0.3, 0.4) is 0 Å². The Morgan fingerprint density at radius 2 is 1.79 bits per heavy atom. The van der Waals surface area contributed by atoms with Crippen LogP contribution >= 0.6 is 0 Å². The first-order valence-electron chi connectivity index (χ1n) is 14.5. The summed E-state index contributed by atoms with van der Waals surface area (Å²) in [5, 5.41) is 7.71. The van der Waals surface area contributed by atoms with E-state index in [1.807, 2.05) is 18.5 Å². The Morgan fingerprint density at radius 3 is 2.40 bits per heavy atom. The number of ether oxygens (including phenoxy) is 2. The molecule has 2 aromatic heterocycles. The molecule has 5 rings (SSSR count). The summed E-state index contributed by atoms with van der Waals surface area (Å²) in [5.41, 5.74) is 2.04. The van der Waals surface area contributed by atoms with Crippen molar-refractivity contribution in [2.24, 2.45) is 0 Å². The number of aromatic nitrogens is 4. The smallest absolute Gasteiger partial charge is 0.412 e. The van der Waals surface area contributed by atoms with Crippen molar-refractivity contribution in [3.8, 4) is 5.75 Å². The largest absolute Gasteiger partial charge is 0.491 e. The molecule has 2 aromatic rings. The normalized spacial score (nSPS) is 22.3. The van der Waals surface area contributed by atoms with Gasteiger partial charge in [-0.2, -0.15) is 18.3 Å². The van der Waals surface area contributed by atoms with Crippen LogP contribution in [-0.4, -0.2) is 108 Å². The van der Waals surface area contributed by atoms with E-state index < -0.39 is 30.1 Å². The third-order valence-corrected chi connectivity index (χ3v) is 8.55. The van der Waals surface area contributed by atoms with Gasteiger partial charge < -0.3 is 24.6 Å². The number of esters is 1. The third-order valence-electron chi connectivity index (χ3n) is 8.55. The molecular weight excluding hydrogens is 579 g/mol. The quantitative estimate of drug-likeness (QED) is 0.335. The van der Waals surface area contributed by atoms with E-state index in [2.05, 4.69) is 25.3 Å². The van der Waals surface area contributed by atoms with Gasteiger partial charge in [-0.15, -0.1) is 0 Å². The zero-order chi connectivity index (χ0) is 30.9. The molecule has 0 bridgehead atoms. The molecular formula is C27H37F5N8O3. The van der Waals surface area contributed by atoms with Crippen LogP contribution < -0.4 is 19.9 Å². The summed E-state index contributed by atoms with van der Waals surface area (Å²) >= 11 is 0. The molecule has 3 fully saturated rings. The van der Waals surface area contributed by atoms with Gasteiger partial charge in [0.2, 0.25) is 5.75 Å². The summed E-state index contributed by atoms with van der Waals surface area (Å²) in [6.45, 7) is 8.94. The molecule has 0 amide bonds. The maximum absolute atomic E-state index is 14.1. The average Bonchev–Trinajstić information content (AvgIpc) is 3.35. The Kier molecular flexibility index (Phi) is 9.37. The molecule has 43 heavy (non-hydrogen) atoms. The van der Waals surface area contributed by atoms with Gasteiger partial charge in [0, 0.05) is 76.6 Å². The van der Waals surface area contributed by atoms with Crippen molar-refractivity contribution in [2.45, 2.75) is 63.8 Å². The van der Waals surface area contributed by atoms with Gasteiger partial charge in [-0.25, -0.2) is 23.5 Å². The number of halogens is 5. The number of aryl methyl sites for hydroxylation is 1. The van der Waals surface area contributed by atoms with Gasteiger partial charge in [0.05, 0.1) is 19.3 Å². The summed E-state index contributed by atoms with van der Waals surface area (Å²) in [6.07, 6.45) is -5.49. The standard InChI is InChI=1S/C27H37F5N8O3/c1-16-14-34-40(12-13-42-3)20(16)18-4-8-38(9-5-18)24-21(43-26(41)27(30,31)32)25(36-23(35-24)22(28)29)39-15-19(17(39)2)37-10-6-33-7-11-37/h14,17-19,22,33H,4-13,15H2,1-3H3/t17-,19-/m1/s1. The number of piperidine rings is 1. The van der Waals surface area contributed by atoms with E-state index in [9.17, 15) is 26.7 Å². The summed E-state index contributed by atoms with van der Waals surface area (Å²) in [4.78, 5) is 25.5. The summed E-state index contributed by atoms with van der Waals surface area (Å²) in [7, 11) is 1.60. The van der Waals surface area contributed by atoms with Gasteiger partial charge in [0.15, 0.2) is 17.5 Å². The van der Waals surface area contributed by atoms with E-state index in [-0.39, 0.29) is 42.7 Å². The van der Waals surface area contributed by atoms with Gasteiger partial charge in [0.1, 0.15) is 0 Å². The highest BCUT2D eigenvalue weighted by Crippen LogP contribution is 2.44. The second-order valence-electron chi connectivity index (χ2n) is 11.2. The fraction of sp³-hybridized carbons (Fsp3) is 0.704. The minimum absolute atomic E-state index is 0.0450. The first kappa shape index (κ1) is 31.3. The van der Waals surface area contributed by atoms with E-state index >= 15 is 0 Å². The number of anilines is 2. The fourth-order valence-corrected chi connectivity index (χ4v) is 6.24. The number of alkyl halides is 5. The molecule has 3 aliphatic rings. The van der Waals surface area contributed by atoms with Crippen LogP contribution in [0.25, 0.3) is 0 Å². The molecule has 16 heteroatoms. The highest BCUT2D eigenvalue weighted by Gasteiger charge is 2.46. The van der Waals surface area contributed by atoms with Crippen molar-refractivity contribution in [1.29, 1.82) is 0 Å². The van der Waals surface area contributed by atoms with E-state index in [1.54, 1.807) is 23.1 Å². The number of hydrogen-bond acceptors (Lipinski definition) is 10. The summed E-state index contributed by atoms with van der Waals surface area (Å²) in [6, 6.07) is -0.223. The summed E-state index contributed by atoms with van der Waals surface area (Å²) < 4.78 is 80.4. The van der Waals surface area contributed by atoms with E-state index in [1.165, 1.54) is 0 Å². The lowest BCUT2D eigenvalue weighted by Crippen LogP contribution is -2.68. The average molecular weight is 617 g/mol. The van der Waals surface area contributed by atoms with Crippen molar-refractivity contribution in [3.63, 3.8) is 0 Å². The Bertz CT molecular complexity index is 1280. The molecule has 11 nitrogen and oxygen atoms in total. The first-order valence-corrected chi connectivity index (χ1v) is 14.5. The lowest BCUT2D eigenvalue weighted by Gasteiger charge is -2.53. The molecule has 5 heterocycles. The van der Waals surface area contributed by atoms with Crippen LogP contribution in [0.4, 0.5) is 33.6 Å². The van der Waals surface area contributed by atoms with Crippen molar-refractivity contribution in [2.75, 3.05) is 69.3 Å². The predicted octanol–water partition coefficient (Wildman–Crippen LogP) is 2.90. The second-order valence-corrected chi connectivity index (χ2v) is 11.2. The van der Waals surface area contributed by atoms with Gasteiger partial charge in [0.25, 0.3) is 6.43 Å². The molecule has 0 radical (unpaired) electrons. The van der Waals surface area contributed by atoms with Crippen molar-refractivity contribution < 1.29 is 36.2 Å². The molecule has 3 saturated heterocycles. The van der Waals surface area contributed by atoms with Crippen molar-refractivity contribution >= 4 is 17.6 Å². The number of rotatable bonds is 9. The summed E-state index contributed by atoms with van der Waals surface area (Å²) in [5.74, 6) is -4.22. The fourth-order valence-electron chi connectivity index (χ4n) is 6.24. The van der Waals surface area contributed by atoms with Crippen LogP contribution in [0.1, 0.15) is 49.2 Å². The third kappa shape index (κ3) is 6.55. The number of piperazine rings is 1. The molecule has 1 N–H and O–H groups in total. The van der Waals surface area contributed by atoms with Gasteiger partial charge >= 0.3 is 12.1 Å². The molecule has 2 atom stereocenters. The van der Waals surface area contributed by atoms with Crippen LogP contribution in [0.15, 0.2) is 6.20 Å². The van der Waals surface area contributed by atoms with Crippen LogP contribution in [0.5, 0.6) is 5.75 Å². The number of nitrogens with one attached hydrogen (secondary N) is 1. The number of nitrogens with zero attached hydrogens (tertiary/aromatic N) is 7. The zero-order valence-electron chi connectivity index (χ0n) is 24.4. The molecule has 238 valence electrons. The van der Waals surface area contributed by atoms with Crippen molar-refractivity contribution in [3.05, 3.63) is 23.3 Å². The Labute approximate surface area is 246 Å². The Balaban J connectivity index is 1.45. The van der Waals surface area contributed by atoms with E-state index in [0.29, 0.717) is 32.5 Å². The molecule has 0 unspecified atom stereocenters. The monoisotopic (exact) mass is 616 g/mol. The van der Waals surface area contributed by atoms with Crippen LogP contribution in [0, 0.1) is 6.92 Å². The number of hydrogen-bond donors (Lipinski definition) is 1. The van der Waals surface area contributed by atoms with Gasteiger partial charge in [-0.3, -0.25) is 9.58 Å².